The van der Waals surface area contributed by atoms with E-state index < -0.39 is 0 Å². The highest BCUT2D eigenvalue weighted by atomic mass is 19.1. The molecule has 0 radical (unpaired) electrons. The topological polar surface area (TPSA) is 38.3 Å². The average Bonchev–Trinajstić information content (AvgIpc) is 2.68. The van der Waals surface area contributed by atoms with Gasteiger partial charge >= 0.3 is 0 Å². The third kappa shape index (κ3) is 4.93. The summed E-state index contributed by atoms with van der Waals surface area (Å²) in [5.74, 6) is -0.0509. The maximum absolute atomic E-state index is 13.0. The summed E-state index contributed by atoms with van der Waals surface area (Å²) in [6.45, 7) is 0.554. The van der Waals surface area contributed by atoms with Crippen LogP contribution >= 0.6 is 0 Å². The number of benzene rings is 3. The minimum absolute atomic E-state index is 0.301. The quantitative estimate of drug-likeness (QED) is 0.603. The largest absolute Gasteiger partial charge is 0.491 e. The van der Waals surface area contributed by atoms with Crippen molar-refractivity contribution in [2.45, 2.75) is 12.8 Å². The Bertz CT molecular complexity index is 848. The first-order chi connectivity index (χ1) is 12.7. The molecule has 0 fully saturated rings. The van der Waals surface area contributed by atoms with Gasteiger partial charge in [0.2, 0.25) is 0 Å². The zero-order valence-corrected chi connectivity index (χ0v) is 14.3. The number of carbonyl (C=O) groups excluding carboxylic acids is 1. The molecule has 0 saturated carbocycles. The fourth-order valence-electron chi connectivity index (χ4n) is 2.59. The van der Waals surface area contributed by atoms with E-state index >= 15 is 0 Å². The first kappa shape index (κ1) is 17.7. The lowest BCUT2D eigenvalue weighted by Gasteiger charge is -2.12. The zero-order chi connectivity index (χ0) is 18.2. The van der Waals surface area contributed by atoms with Gasteiger partial charge in [0.15, 0.2) is 0 Å². The van der Waals surface area contributed by atoms with Gasteiger partial charge in [-0.1, -0.05) is 42.5 Å². The van der Waals surface area contributed by atoms with Crippen LogP contribution in [0.15, 0.2) is 78.9 Å². The first-order valence-corrected chi connectivity index (χ1v) is 8.55. The minimum atomic E-state index is -0.372. The lowest BCUT2D eigenvalue weighted by molar-refractivity contribution is 0.102. The van der Waals surface area contributed by atoms with Gasteiger partial charge in [-0.2, -0.15) is 0 Å². The van der Waals surface area contributed by atoms with Crippen LogP contribution in [-0.4, -0.2) is 12.5 Å². The Hall–Kier alpha value is -3.14. The number of halogens is 1. The van der Waals surface area contributed by atoms with Crippen LogP contribution in [0.5, 0.6) is 5.75 Å². The van der Waals surface area contributed by atoms with E-state index in [1.54, 1.807) is 6.07 Å². The van der Waals surface area contributed by atoms with Crippen molar-refractivity contribution in [1.29, 1.82) is 0 Å². The molecule has 26 heavy (non-hydrogen) atoms. The second-order valence-corrected chi connectivity index (χ2v) is 5.89. The van der Waals surface area contributed by atoms with E-state index in [0.29, 0.717) is 23.6 Å². The summed E-state index contributed by atoms with van der Waals surface area (Å²) in [6, 6.07) is 23.0. The van der Waals surface area contributed by atoms with E-state index in [-0.39, 0.29) is 11.7 Å². The molecule has 1 N–H and O–H groups in total. The summed E-state index contributed by atoms with van der Waals surface area (Å²) >= 11 is 0. The molecule has 3 aromatic rings. The predicted molar refractivity (Wildman–Crippen MR) is 101 cm³/mol. The normalized spacial score (nSPS) is 10.3. The van der Waals surface area contributed by atoms with Gasteiger partial charge in [0.25, 0.3) is 5.91 Å². The van der Waals surface area contributed by atoms with E-state index in [1.807, 2.05) is 36.4 Å². The standard InChI is InChI=1S/C22H20FNO2/c23-19-14-12-18(13-15-19)22(25)24-20-10-4-5-11-21(20)26-16-6-9-17-7-2-1-3-8-17/h1-5,7-8,10-15H,6,9,16H2,(H,24,25). The van der Waals surface area contributed by atoms with Gasteiger partial charge < -0.3 is 10.1 Å². The van der Waals surface area contributed by atoms with E-state index in [0.717, 1.165) is 12.8 Å². The summed E-state index contributed by atoms with van der Waals surface area (Å²) in [5, 5.41) is 2.82. The number of para-hydroxylation sites is 2. The van der Waals surface area contributed by atoms with Gasteiger partial charge in [-0.25, -0.2) is 4.39 Å². The molecule has 4 heteroatoms. The van der Waals surface area contributed by atoms with Gasteiger partial charge in [-0.15, -0.1) is 0 Å². The van der Waals surface area contributed by atoms with E-state index in [1.165, 1.54) is 29.8 Å². The number of amides is 1. The summed E-state index contributed by atoms with van der Waals surface area (Å²) < 4.78 is 18.8. The number of rotatable bonds is 7. The highest BCUT2D eigenvalue weighted by Gasteiger charge is 2.10. The van der Waals surface area contributed by atoms with Gasteiger partial charge in [-0.05, 0) is 54.8 Å². The second kappa shape index (κ2) is 8.81. The van der Waals surface area contributed by atoms with Crippen molar-refractivity contribution in [1.82, 2.24) is 0 Å². The van der Waals surface area contributed by atoms with Crippen LogP contribution in [0, 0.1) is 5.82 Å². The highest BCUT2D eigenvalue weighted by molar-refractivity contribution is 6.04. The van der Waals surface area contributed by atoms with Gasteiger partial charge in [0.1, 0.15) is 11.6 Å². The Morgan fingerprint density at radius 1 is 0.885 bits per heavy atom. The number of aryl methyl sites for hydroxylation is 1. The molecule has 3 nitrogen and oxygen atoms in total. The molecule has 3 aromatic carbocycles. The van der Waals surface area contributed by atoms with Gasteiger partial charge in [-0.3, -0.25) is 4.79 Å². The first-order valence-electron chi connectivity index (χ1n) is 8.55. The van der Waals surface area contributed by atoms with Crippen LogP contribution in [0.25, 0.3) is 0 Å². The number of carbonyl (C=O) groups is 1. The Balaban J connectivity index is 1.57. The number of ether oxygens (including phenoxy) is 1. The van der Waals surface area contributed by atoms with Crippen molar-refractivity contribution >= 4 is 11.6 Å². The van der Waals surface area contributed by atoms with E-state index in [2.05, 4.69) is 17.4 Å². The third-order valence-corrected chi connectivity index (χ3v) is 3.95. The summed E-state index contributed by atoms with van der Waals surface area (Å²) in [4.78, 5) is 12.3. The summed E-state index contributed by atoms with van der Waals surface area (Å²) in [6.07, 6.45) is 1.81. The van der Waals surface area contributed by atoms with Crippen LogP contribution in [0.1, 0.15) is 22.3 Å². The minimum Gasteiger partial charge on any atom is -0.491 e. The van der Waals surface area contributed by atoms with Crippen molar-refractivity contribution in [2.24, 2.45) is 0 Å². The van der Waals surface area contributed by atoms with Crippen LogP contribution in [0.2, 0.25) is 0 Å². The van der Waals surface area contributed by atoms with Crippen molar-refractivity contribution in [3.05, 3.63) is 95.8 Å². The summed E-state index contributed by atoms with van der Waals surface area (Å²) in [5.41, 5.74) is 2.26. The maximum atomic E-state index is 13.0. The second-order valence-electron chi connectivity index (χ2n) is 5.89. The number of hydrogen-bond acceptors (Lipinski definition) is 2. The lowest BCUT2D eigenvalue weighted by Crippen LogP contribution is -2.13. The molecule has 0 aromatic heterocycles. The van der Waals surface area contributed by atoms with Crippen molar-refractivity contribution in [2.75, 3.05) is 11.9 Å². The van der Waals surface area contributed by atoms with E-state index in [4.69, 9.17) is 4.74 Å². The monoisotopic (exact) mass is 349 g/mol. The molecule has 3 rings (SSSR count). The fraction of sp³-hybridized carbons (Fsp3) is 0.136. The Labute approximate surface area is 152 Å². The fourth-order valence-corrected chi connectivity index (χ4v) is 2.59. The highest BCUT2D eigenvalue weighted by Crippen LogP contribution is 2.24. The molecule has 0 saturated heterocycles. The number of hydrogen-bond donors (Lipinski definition) is 1. The lowest BCUT2D eigenvalue weighted by atomic mass is 10.1. The molecule has 0 aliphatic heterocycles. The van der Waals surface area contributed by atoms with Crippen molar-refractivity contribution in [3.8, 4) is 5.75 Å². The van der Waals surface area contributed by atoms with Crippen LogP contribution in [0.4, 0.5) is 10.1 Å². The third-order valence-electron chi connectivity index (χ3n) is 3.95. The molecule has 0 aliphatic rings. The zero-order valence-electron chi connectivity index (χ0n) is 14.3. The van der Waals surface area contributed by atoms with Crippen LogP contribution in [0.3, 0.4) is 0 Å². The molecule has 0 unspecified atom stereocenters. The van der Waals surface area contributed by atoms with Crippen LogP contribution in [-0.2, 0) is 6.42 Å². The Morgan fingerprint density at radius 3 is 2.35 bits per heavy atom. The van der Waals surface area contributed by atoms with Gasteiger partial charge in [0.05, 0.1) is 12.3 Å². The molecule has 0 atom stereocenters. The van der Waals surface area contributed by atoms with E-state index in [9.17, 15) is 9.18 Å². The molecule has 1 amide bonds. The molecular formula is C22H20FNO2. The van der Waals surface area contributed by atoms with Crippen molar-refractivity contribution in [3.63, 3.8) is 0 Å². The Kier molecular flexibility index (Phi) is 5.99. The Morgan fingerprint density at radius 2 is 1.58 bits per heavy atom. The molecule has 132 valence electrons. The molecular weight excluding hydrogens is 329 g/mol. The maximum Gasteiger partial charge on any atom is 0.255 e. The smallest absolute Gasteiger partial charge is 0.255 e. The van der Waals surface area contributed by atoms with Gasteiger partial charge in [0, 0.05) is 5.56 Å². The van der Waals surface area contributed by atoms with Crippen LogP contribution < -0.4 is 10.1 Å². The molecule has 0 bridgehead atoms. The number of nitrogens with one attached hydrogen (secondary N) is 1. The average molecular weight is 349 g/mol. The predicted octanol–water partition coefficient (Wildman–Crippen LogP) is 5.09. The summed E-state index contributed by atoms with van der Waals surface area (Å²) in [7, 11) is 0. The van der Waals surface area contributed by atoms with Crippen molar-refractivity contribution < 1.29 is 13.9 Å². The SMILES string of the molecule is O=C(Nc1ccccc1OCCCc1ccccc1)c1ccc(F)cc1. The molecule has 0 aliphatic carbocycles. The number of anilines is 1. The molecule has 0 spiro atoms. The molecule has 0 heterocycles.